The zero-order chi connectivity index (χ0) is 7.56. The first kappa shape index (κ1) is 7.59. The van der Waals surface area contributed by atoms with Gasteiger partial charge < -0.3 is 0 Å². The third-order valence-electron chi connectivity index (χ3n) is 2.22. The minimum absolute atomic E-state index is 0.762. The van der Waals surface area contributed by atoms with Gasteiger partial charge in [0.15, 0.2) is 0 Å². The van der Waals surface area contributed by atoms with Crippen molar-refractivity contribution in [3.8, 4) is 0 Å². The highest BCUT2D eigenvalue weighted by Gasteiger charge is 2.18. The maximum Gasteiger partial charge on any atom is -0.0169 e. The Bertz CT molecular complexity index is 153. The first-order chi connectivity index (χ1) is 4.70. The van der Waals surface area contributed by atoms with Crippen LogP contribution in [-0.2, 0) is 0 Å². The average Bonchev–Trinajstić information content (AvgIpc) is 2.15. The minimum Gasteiger partial charge on any atom is -0.100 e. The van der Waals surface area contributed by atoms with E-state index in [2.05, 4.69) is 20.1 Å². The second kappa shape index (κ2) is 3.05. The van der Waals surface area contributed by atoms with E-state index in [1.165, 1.54) is 36.8 Å². The molecule has 56 valence electrons. The average molecular weight is 136 g/mol. The third kappa shape index (κ3) is 1.73. The fourth-order valence-electron chi connectivity index (χ4n) is 1.65. The van der Waals surface area contributed by atoms with Gasteiger partial charge in [0.2, 0.25) is 0 Å². The van der Waals surface area contributed by atoms with E-state index in [0.29, 0.717) is 0 Å². The van der Waals surface area contributed by atoms with Crippen molar-refractivity contribution in [3.63, 3.8) is 0 Å². The maximum absolute atomic E-state index is 4.05. The molecule has 1 saturated carbocycles. The number of hydrogen-bond acceptors (Lipinski definition) is 0. The zero-order valence-electron chi connectivity index (χ0n) is 6.82. The summed E-state index contributed by atoms with van der Waals surface area (Å²) >= 11 is 0. The Kier molecular flexibility index (Phi) is 2.31. The SMILES string of the molecule is C=C(C)CC1CCCC1=C. The summed E-state index contributed by atoms with van der Waals surface area (Å²) in [5.74, 6) is 0.762. The molecule has 0 aromatic carbocycles. The van der Waals surface area contributed by atoms with Gasteiger partial charge in [-0.2, -0.15) is 0 Å². The Morgan fingerprint density at radius 3 is 2.80 bits per heavy atom. The van der Waals surface area contributed by atoms with E-state index >= 15 is 0 Å². The van der Waals surface area contributed by atoms with Gasteiger partial charge in [-0.05, 0) is 38.5 Å². The van der Waals surface area contributed by atoms with Gasteiger partial charge in [0.05, 0.1) is 0 Å². The third-order valence-corrected chi connectivity index (χ3v) is 2.22. The second-order valence-electron chi connectivity index (χ2n) is 3.41. The molecule has 1 rings (SSSR count). The van der Waals surface area contributed by atoms with Crippen LogP contribution in [0.3, 0.4) is 0 Å². The Labute approximate surface area is 63.6 Å². The molecular formula is C10H16. The van der Waals surface area contributed by atoms with E-state index in [-0.39, 0.29) is 0 Å². The van der Waals surface area contributed by atoms with Crippen LogP contribution in [-0.4, -0.2) is 0 Å². The van der Waals surface area contributed by atoms with Gasteiger partial charge in [-0.1, -0.05) is 17.7 Å². The summed E-state index contributed by atoms with van der Waals surface area (Å²) in [5, 5.41) is 0. The van der Waals surface area contributed by atoms with Crippen molar-refractivity contribution in [2.75, 3.05) is 0 Å². The quantitative estimate of drug-likeness (QED) is 0.511. The molecule has 0 bridgehead atoms. The summed E-state index contributed by atoms with van der Waals surface area (Å²) < 4.78 is 0. The molecule has 0 aliphatic heterocycles. The van der Waals surface area contributed by atoms with Crippen molar-refractivity contribution in [1.29, 1.82) is 0 Å². The highest BCUT2D eigenvalue weighted by atomic mass is 14.2. The second-order valence-corrected chi connectivity index (χ2v) is 3.41. The molecule has 0 radical (unpaired) electrons. The Balaban J connectivity index is 2.40. The highest BCUT2D eigenvalue weighted by molar-refractivity contribution is 5.09. The zero-order valence-corrected chi connectivity index (χ0v) is 6.82. The van der Waals surface area contributed by atoms with Gasteiger partial charge in [-0.25, -0.2) is 0 Å². The van der Waals surface area contributed by atoms with Crippen LogP contribution in [0.25, 0.3) is 0 Å². The summed E-state index contributed by atoms with van der Waals surface area (Å²) in [6.45, 7) is 10.1. The van der Waals surface area contributed by atoms with Gasteiger partial charge in [0.1, 0.15) is 0 Å². The molecule has 0 saturated heterocycles. The summed E-state index contributed by atoms with van der Waals surface area (Å²) in [4.78, 5) is 0. The van der Waals surface area contributed by atoms with Gasteiger partial charge in [-0.15, -0.1) is 6.58 Å². The monoisotopic (exact) mass is 136 g/mol. The highest BCUT2D eigenvalue weighted by Crippen LogP contribution is 2.33. The molecule has 0 heterocycles. The van der Waals surface area contributed by atoms with Crippen LogP contribution in [0.4, 0.5) is 0 Å². The van der Waals surface area contributed by atoms with E-state index in [9.17, 15) is 0 Å². The molecule has 0 heteroatoms. The van der Waals surface area contributed by atoms with E-state index in [0.717, 1.165) is 5.92 Å². The summed E-state index contributed by atoms with van der Waals surface area (Å²) in [7, 11) is 0. The van der Waals surface area contributed by atoms with E-state index < -0.39 is 0 Å². The maximum atomic E-state index is 4.05. The topological polar surface area (TPSA) is 0 Å². The van der Waals surface area contributed by atoms with Crippen LogP contribution in [0, 0.1) is 5.92 Å². The molecule has 1 unspecified atom stereocenters. The Morgan fingerprint density at radius 1 is 1.70 bits per heavy atom. The minimum atomic E-state index is 0.762. The van der Waals surface area contributed by atoms with Crippen molar-refractivity contribution in [2.45, 2.75) is 32.6 Å². The molecule has 0 aromatic rings. The lowest BCUT2D eigenvalue weighted by molar-refractivity contribution is 0.622. The van der Waals surface area contributed by atoms with Crippen molar-refractivity contribution in [3.05, 3.63) is 24.3 Å². The summed E-state index contributed by atoms with van der Waals surface area (Å²) in [5.41, 5.74) is 2.75. The molecule has 1 aliphatic carbocycles. The smallest absolute Gasteiger partial charge is 0.0169 e. The summed E-state index contributed by atoms with van der Waals surface area (Å²) in [6, 6.07) is 0. The molecule has 1 aliphatic rings. The largest absolute Gasteiger partial charge is 0.100 e. The fourth-order valence-corrected chi connectivity index (χ4v) is 1.65. The van der Waals surface area contributed by atoms with Gasteiger partial charge >= 0.3 is 0 Å². The van der Waals surface area contributed by atoms with Gasteiger partial charge in [0.25, 0.3) is 0 Å². The molecule has 0 spiro atoms. The van der Waals surface area contributed by atoms with Crippen LogP contribution in [0.1, 0.15) is 32.6 Å². The lowest BCUT2D eigenvalue weighted by Crippen LogP contribution is -1.95. The predicted molar refractivity (Wildman–Crippen MR) is 45.9 cm³/mol. The molecule has 0 nitrogen and oxygen atoms in total. The number of rotatable bonds is 2. The number of hydrogen-bond donors (Lipinski definition) is 0. The first-order valence-electron chi connectivity index (χ1n) is 4.02. The van der Waals surface area contributed by atoms with E-state index in [4.69, 9.17) is 0 Å². The van der Waals surface area contributed by atoms with Crippen molar-refractivity contribution < 1.29 is 0 Å². The van der Waals surface area contributed by atoms with Crippen LogP contribution < -0.4 is 0 Å². The Morgan fingerprint density at radius 2 is 2.40 bits per heavy atom. The Hall–Kier alpha value is -0.520. The molecule has 0 aromatic heterocycles. The van der Waals surface area contributed by atoms with E-state index in [1.807, 2.05) is 0 Å². The standard InChI is InChI=1S/C10H16/c1-8(2)7-10-6-4-5-9(10)3/h10H,1,3-7H2,2H3. The van der Waals surface area contributed by atoms with Gasteiger partial charge in [-0.3, -0.25) is 0 Å². The number of allylic oxidation sites excluding steroid dienone is 2. The van der Waals surface area contributed by atoms with Crippen LogP contribution in [0.2, 0.25) is 0 Å². The van der Waals surface area contributed by atoms with Crippen LogP contribution >= 0.6 is 0 Å². The van der Waals surface area contributed by atoms with Crippen molar-refractivity contribution >= 4 is 0 Å². The van der Waals surface area contributed by atoms with E-state index in [1.54, 1.807) is 0 Å². The molecule has 0 amide bonds. The lowest BCUT2D eigenvalue weighted by atomic mass is 9.97. The van der Waals surface area contributed by atoms with Gasteiger partial charge in [0, 0.05) is 0 Å². The predicted octanol–water partition coefficient (Wildman–Crippen LogP) is 3.31. The molecule has 1 atom stereocenters. The van der Waals surface area contributed by atoms with Crippen molar-refractivity contribution in [1.82, 2.24) is 0 Å². The van der Waals surface area contributed by atoms with Crippen LogP contribution in [0.5, 0.6) is 0 Å². The molecule has 0 N–H and O–H groups in total. The fraction of sp³-hybridized carbons (Fsp3) is 0.600. The molecular weight excluding hydrogens is 120 g/mol. The lowest BCUT2D eigenvalue weighted by Gasteiger charge is -2.09. The van der Waals surface area contributed by atoms with Crippen molar-refractivity contribution in [2.24, 2.45) is 5.92 Å². The van der Waals surface area contributed by atoms with Crippen LogP contribution in [0.15, 0.2) is 24.3 Å². The molecule has 1 fully saturated rings. The normalized spacial score (nSPS) is 25.3. The summed E-state index contributed by atoms with van der Waals surface area (Å²) in [6.07, 6.45) is 5.10. The molecule has 10 heavy (non-hydrogen) atoms. The first-order valence-corrected chi connectivity index (χ1v) is 4.02.